The molecule has 4 nitrogen and oxygen atoms in total. The average Bonchev–Trinajstić information content (AvgIpc) is 2.78. The van der Waals surface area contributed by atoms with E-state index >= 15 is 0 Å². The lowest BCUT2D eigenvalue weighted by molar-refractivity contribution is -0.128. The molecule has 108 valence electrons. The lowest BCUT2D eigenvalue weighted by Crippen LogP contribution is -2.29. The summed E-state index contributed by atoms with van der Waals surface area (Å²) in [4.78, 5) is 25.6. The van der Waals surface area contributed by atoms with Crippen molar-refractivity contribution < 1.29 is 14.0 Å². The third-order valence-electron chi connectivity index (χ3n) is 3.46. The summed E-state index contributed by atoms with van der Waals surface area (Å²) in [5.74, 6) is -0.932. The smallest absolute Gasteiger partial charge is 0.229 e. The van der Waals surface area contributed by atoms with Crippen LogP contribution in [-0.2, 0) is 9.59 Å². The minimum atomic E-state index is -0.394. The van der Waals surface area contributed by atoms with Crippen LogP contribution in [0.25, 0.3) is 0 Å². The van der Waals surface area contributed by atoms with E-state index < -0.39 is 5.82 Å². The van der Waals surface area contributed by atoms with Crippen molar-refractivity contribution >= 4 is 17.5 Å². The second-order valence-electron chi connectivity index (χ2n) is 5.09. The minimum absolute atomic E-state index is 0.0258. The zero-order valence-electron chi connectivity index (χ0n) is 11.6. The first-order chi connectivity index (χ1) is 9.60. The van der Waals surface area contributed by atoms with E-state index in [1.807, 2.05) is 0 Å². The van der Waals surface area contributed by atoms with Crippen LogP contribution >= 0.6 is 0 Å². The van der Waals surface area contributed by atoms with Crippen LogP contribution in [0, 0.1) is 11.7 Å². The van der Waals surface area contributed by atoms with Crippen LogP contribution in [-0.4, -0.2) is 29.8 Å². The molecule has 2 rings (SSSR count). The van der Waals surface area contributed by atoms with E-state index in [1.165, 1.54) is 18.2 Å². The lowest BCUT2D eigenvalue weighted by Gasteiger charge is -2.15. The largest absolute Gasteiger partial charge is 0.342 e. The summed E-state index contributed by atoms with van der Waals surface area (Å²) in [6.45, 7) is 3.23. The second-order valence-corrected chi connectivity index (χ2v) is 5.09. The number of amides is 2. The molecule has 0 bridgehead atoms. The molecule has 20 heavy (non-hydrogen) atoms. The molecule has 1 aromatic carbocycles. The fraction of sp³-hybridized carbons (Fsp3) is 0.467. The quantitative estimate of drug-likeness (QED) is 0.899. The normalized spacial score (nSPS) is 18.4. The van der Waals surface area contributed by atoms with Gasteiger partial charge < -0.3 is 10.2 Å². The van der Waals surface area contributed by atoms with Crippen molar-refractivity contribution in [2.24, 2.45) is 5.92 Å². The highest BCUT2D eigenvalue weighted by atomic mass is 19.1. The highest BCUT2D eigenvalue weighted by molar-refractivity contribution is 5.97. The van der Waals surface area contributed by atoms with Crippen LogP contribution in [0.1, 0.15) is 26.2 Å². The van der Waals surface area contributed by atoms with Gasteiger partial charge in [-0.2, -0.15) is 0 Å². The SMILES string of the molecule is CCCCN1C[C@@H](C(=O)Nc2cccc(F)c2)CC1=O. The van der Waals surface area contributed by atoms with Crippen molar-refractivity contribution in [3.63, 3.8) is 0 Å². The van der Waals surface area contributed by atoms with E-state index in [2.05, 4.69) is 12.2 Å². The lowest BCUT2D eigenvalue weighted by atomic mass is 10.1. The Morgan fingerprint density at radius 3 is 3.00 bits per heavy atom. The number of unbranched alkanes of at least 4 members (excludes halogenated alkanes) is 1. The first-order valence-electron chi connectivity index (χ1n) is 6.94. The number of halogens is 1. The number of nitrogens with one attached hydrogen (secondary N) is 1. The minimum Gasteiger partial charge on any atom is -0.342 e. The Hall–Kier alpha value is -1.91. The Balaban J connectivity index is 1.92. The van der Waals surface area contributed by atoms with Gasteiger partial charge in [-0.3, -0.25) is 9.59 Å². The fourth-order valence-corrected chi connectivity index (χ4v) is 2.32. The van der Waals surface area contributed by atoms with Gasteiger partial charge in [0, 0.05) is 25.2 Å². The zero-order chi connectivity index (χ0) is 14.5. The number of benzene rings is 1. The molecule has 1 aromatic rings. The van der Waals surface area contributed by atoms with Gasteiger partial charge in [-0.05, 0) is 24.6 Å². The number of anilines is 1. The summed E-state index contributed by atoms with van der Waals surface area (Å²) < 4.78 is 13.0. The van der Waals surface area contributed by atoms with Gasteiger partial charge in [0.25, 0.3) is 0 Å². The number of nitrogens with zero attached hydrogens (tertiary/aromatic N) is 1. The maximum Gasteiger partial charge on any atom is 0.229 e. The number of carbonyl (C=O) groups excluding carboxylic acids is 2. The van der Waals surface area contributed by atoms with E-state index in [9.17, 15) is 14.0 Å². The molecule has 0 spiro atoms. The fourth-order valence-electron chi connectivity index (χ4n) is 2.32. The molecule has 1 heterocycles. The number of rotatable bonds is 5. The maximum absolute atomic E-state index is 13.0. The molecular weight excluding hydrogens is 259 g/mol. The zero-order valence-corrected chi connectivity index (χ0v) is 11.6. The third kappa shape index (κ3) is 3.56. The first kappa shape index (κ1) is 14.5. The molecule has 1 atom stereocenters. The van der Waals surface area contributed by atoms with Gasteiger partial charge >= 0.3 is 0 Å². The van der Waals surface area contributed by atoms with Crippen LogP contribution in [0.2, 0.25) is 0 Å². The molecule has 1 aliphatic rings. The molecule has 1 aliphatic heterocycles. The van der Waals surface area contributed by atoms with E-state index in [0.717, 1.165) is 12.8 Å². The van der Waals surface area contributed by atoms with Gasteiger partial charge in [-0.1, -0.05) is 19.4 Å². The van der Waals surface area contributed by atoms with Gasteiger partial charge in [0.15, 0.2) is 0 Å². The Morgan fingerprint density at radius 1 is 1.50 bits per heavy atom. The summed E-state index contributed by atoms with van der Waals surface area (Å²) in [6.07, 6.45) is 2.21. The van der Waals surface area contributed by atoms with E-state index in [1.54, 1.807) is 11.0 Å². The summed E-state index contributed by atoms with van der Waals surface area (Å²) in [5.41, 5.74) is 0.425. The highest BCUT2D eigenvalue weighted by Crippen LogP contribution is 2.20. The van der Waals surface area contributed by atoms with Crippen molar-refractivity contribution in [1.29, 1.82) is 0 Å². The van der Waals surface area contributed by atoms with Crippen molar-refractivity contribution in [3.8, 4) is 0 Å². The van der Waals surface area contributed by atoms with Gasteiger partial charge in [-0.15, -0.1) is 0 Å². The van der Waals surface area contributed by atoms with Crippen LogP contribution in [0.15, 0.2) is 24.3 Å². The molecule has 1 saturated heterocycles. The molecule has 5 heteroatoms. The second kappa shape index (κ2) is 6.50. The monoisotopic (exact) mass is 278 g/mol. The highest BCUT2D eigenvalue weighted by Gasteiger charge is 2.33. The van der Waals surface area contributed by atoms with Crippen LogP contribution < -0.4 is 5.32 Å². The van der Waals surface area contributed by atoms with Gasteiger partial charge in [0.2, 0.25) is 11.8 Å². The van der Waals surface area contributed by atoms with Gasteiger partial charge in [-0.25, -0.2) is 4.39 Å². The van der Waals surface area contributed by atoms with Crippen molar-refractivity contribution in [2.45, 2.75) is 26.2 Å². The number of carbonyl (C=O) groups is 2. The van der Waals surface area contributed by atoms with Crippen molar-refractivity contribution in [2.75, 3.05) is 18.4 Å². The molecule has 0 aliphatic carbocycles. The molecule has 1 N–H and O–H groups in total. The molecule has 2 amide bonds. The standard InChI is InChI=1S/C15H19FN2O2/c1-2-3-7-18-10-11(8-14(18)19)15(20)17-13-6-4-5-12(16)9-13/h4-6,9,11H,2-3,7-8,10H2,1H3,(H,17,20)/t11-/m0/s1. The van der Waals surface area contributed by atoms with Gasteiger partial charge in [0.05, 0.1) is 5.92 Å². The van der Waals surface area contributed by atoms with E-state index in [-0.39, 0.29) is 24.2 Å². The Kier molecular flexibility index (Phi) is 4.71. The number of hydrogen-bond acceptors (Lipinski definition) is 2. The maximum atomic E-state index is 13.0. The van der Waals surface area contributed by atoms with Gasteiger partial charge in [0.1, 0.15) is 5.82 Å². The summed E-state index contributed by atoms with van der Waals surface area (Å²) in [7, 11) is 0. The Bertz CT molecular complexity index is 504. The molecule has 0 saturated carbocycles. The predicted molar refractivity (Wildman–Crippen MR) is 74.6 cm³/mol. The van der Waals surface area contributed by atoms with Crippen LogP contribution in [0.5, 0.6) is 0 Å². The van der Waals surface area contributed by atoms with E-state index in [0.29, 0.717) is 18.8 Å². The average molecular weight is 278 g/mol. The third-order valence-corrected chi connectivity index (χ3v) is 3.46. The molecule has 1 fully saturated rings. The number of likely N-dealkylation sites (tertiary alicyclic amines) is 1. The van der Waals surface area contributed by atoms with Crippen molar-refractivity contribution in [1.82, 2.24) is 4.90 Å². The van der Waals surface area contributed by atoms with Crippen molar-refractivity contribution in [3.05, 3.63) is 30.1 Å². The predicted octanol–water partition coefficient (Wildman–Crippen LogP) is 2.41. The van der Waals surface area contributed by atoms with Crippen LogP contribution in [0.3, 0.4) is 0 Å². The molecule has 0 unspecified atom stereocenters. The summed E-state index contributed by atoms with van der Waals surface area (Å²) >= 11 is 0. The summed E-state index contributed by atoms with van der Waals surface area (Å²) in [5, 5.41) is 2.66. The number of hydrogen-bond donors (Lipinski definition) is 1. The topological polar surface area (TPSA) is 49.4 Å². The summed E-state index contributed by atoms with van der Waals surface area (Å²) in [6, 6.07) is 5.76. The first-order valence-corrected chi connectivity index (χ1v) is 6.94. The molecular formula is C15H19FN2O2. The molecule has 0 radical (unpaired) electrons. The van der Waals surface area contributed by atoms with Crippen LogP contribution in [0.4, 0.5) is 10.1 Å². The van der Waals surface area contributed by atoms with E-state index in [4.69, 9.17) is 0 Å². The Morgan fingerprint density at radius 2 is 2.30 bits per heavy atom. The Labute approximate surface area is 118 Å². The molecule has 0 aromatic heterocycles.